The molecule has 572 valence electrons. The zero-order chi connectivity index (χ0) is 78.1. The lowest BCUT2D eigenvalue weighted by Gasteiger charge is -2.33. The van der Waals surface area contributed by atoms with E-state index in [0.29, 0.717) is 0 Å². The molecule has 36 nitrogen and oxygen atoms in total. The second kappa shape index (κ2) is 43.9. The Bertz CT molecular complexity index is 2980. The number of esters is 1. The fourth-order valence-corrected chi connectivity index (χ4v) is 8.75. The molecule has 14 atom stereocenters. The van der Waals surface area contributed by atoms with Crippen LogP contribution in [-0.2, 0) is 71.9 Å². The summed E-state index contributed by atoms with van der Waals surface area (Å²) in [6.45, 7) is 11.6. The van der Waals surface area contributed by atoms with Crippen molar-refractivity contribution >= 4 is 88.8 Å². The summed E-state index contributed by atoms with van der Waals surface area (Å²) in [5.74, 6) is -22.5. The molecule has 101 heavy (non-hydrogen) atoms. The molecule has 11 amide bonds. The summed E-state index contributed by atoms with van der Waals surface area (Å²) in [4.78, 5) is 190. The number of amides is 11. The van der Waals surface area contributed by atoms with Gasteiger partial charge in [-0.2, -0.15) is 26.3 Å². The molecule has 1 heterocycles. The molecule has 1 aliphatic rings. The number of nitrogens with zero attached hydrogens (tertiary/aromatic N) is 1. The number of carboxylic acids is 2. The van der Waals surface area contributed by atoms with Crippen molar-refractivity contribution in [2.24, 2.45) is 51.6 Å². The van der Waals surface area contributed by atoms with Crippen LogP contribution in [0.1, 0.15) is 113 Å². The summed E-state index contributed by atoms with van der Waals surface area (Å²) in [5, 5.41) is 82.0. The molecule has 1 aromatic rings. The standard InChI is InChI=1S/C55H91N15O17.2C2HF3O2/c1-10-28(8)37-50(82)68-38(29(9)72)49(81)61-23-36(74)66-40(43(76)45(57)77)52(84)65-34(24-71)54(86)87-44(30-15-12-11-13-16-30)41(70-48(80)32(21-25(2)3)62-35(73)18-19-56)53(85)69-39(42(75)27(6)7)51(83)64-33(22-26(4)5)47(79)63-31(46(78)67-37)17-14-20-60-55(58)59;2*3-2(4,5)1(6)7/h11-13,15-16,25-29,31-34,37-44,71-72,75-76H,10,14,17-24,56H2,1-9H3,(H2,57,77)(H,61,81)(H,62,73)(H,63,79)(H,64,83)(H,65,84)(H,66,74)(H,67,78)(H,68,82)(H,69,85)(H,70,80)(H4,58,59,60);2*(H,6,7)/t28-,29-,31+,32-,33-,34-,37-,38-,39-,40-,41-,42+,43-,44+;;/m0../s1. The van der Waals surface area contributed by atoms with Crippen molar-refractivity contribution in [3.63, 3.8) is 0 Å². The Morgan fingerprint density at radius 3 is 1.61 bits per heavy atom. The van der Waals surface area contributed by atoms with Gasteiger partial charge in [0.1, 0.15) is 48.3 Å². The first-order chi connectivity index (χ1) is 46.7. The van der Waals surface area contributed by atoms with E-state index >= 15 is 4.79 Å². The van der Waals surface area contributed by atoms with E-state index < -0.39 is 199 Å². The number of primary amides is 1. The van der Waals surface area contributed by atoms with Crippen molar-refractivity contribution < 1.29 is 129 Å². The largest absolute Gasteiger partial charge is 0.490 e. The Hall–Kier alpha value is -9.55. The number of alkyl halides is 6. The van der Waals surface area contributed by atoms with Crippen LogP contribution >= 0.6 is 0 Å². The van der Waals surface area contributed by atoms with Crippen LogP contribution < -0.4 is 76.1 Å². The average Bonchev–Trinajstić information content (AvgIpc) is 0.814. The van der Waals surface area contributed by atoms with Gasteiger partial charge in [-0.15, -0.1) is 0 Å². The van der Waals surface area contributed by atoms with Gasteiger partial charge >= 0.3 is 30.3 Å². The highest BCUT2D eigenvalue weighted by atomic mass is 19.4. The van der Waals surface area contributed by atoms with Crippen molar-refractivity contribution in [1.29, 1.82) is 0 Å². The number of nitrogens with one attached hydrogen (secondary N) is 10. The molecule has 0 aliphatic carbocycles. The highest BCUT2D eigenvalue weighted by Gasteiger charge is 2.44. The monoisotopic (exact) mass is 1460 g/mol. The molecule has 0 bridgehead atoms. The number of halogens is 6. The van der Waals surface area contributed by atoms with E-state index in [4.69, 9.17) is 47.5 Å². The Kier molecular flexibility index (Phi) is 39.7. The number of nitrogens with two attached hydrogens (primary N) is 4. The molecule has 1 aromatic carbocycles. The maximum atomic E-state index is 15.2. The number of aliphatic imine (C=N–C) groups is 1. The van der Waals surface area contributed by atoms with E-state index in [1.54, 1.807) is 41.5 Å². The second-order valence-electron chi connectivity index (χ2n) is 24.0. The minimum Gasteiger partial charge on any atom is -0.475 e. The zero-order valence-corrected chi connectivity index (χ0v) is 56.6. The molecule has 1 aliphatic heterocycles. The minimum atomic E-state index is -5.08. The first-order valence-electron chi connectivity index (χ1n) is 31.2. The lowest BCUT2D eigenvalue weighted by molar-refractivity contribution is -0.193. The number of benzene rings is 1. The molecule has 1 fully saturated rings. The van der Waals surface area contributed by atoms with Crippen LogP contribution in [0, 0.1) is 23.7 Å². The van der Waals surface area contributed by atoms with Crippen molar-refractivity contribution in [2.45, 2.75) is 192 Å². The fraction of sp³-hybridized carbons (Fsp3) is 0.644. The van der Waals surface area contributed by atoms with E-state index in [2.05, 4.69) is 47.5 Å². The average molecular weight is 1460 g/mol. The van der Waals surface area contributed by atoms with Gasteiger partial charge in [0.15, 0.2) is 24.2 Å². The molecule has 0 aromatic heterocycles. The molecule has 0 radical (unpaired) electrons. The molecule has 0 saturated carbocycles. The molecule has 2 rings (SSSR count). The molecule has 24 N–H and O–H groups in total. The Balaban J connectivity index is 0.00000641. The number of guanidine groups is 1. The van der Waals surface area contributed by atoms with Crippen LogP contribution in [-0.4, -0.2) is 231 Å². The minimum absolute atomic E-state index is 0.0442. The molecule has 0 spiro atoms. The summed E-state index contributed by atoms with van der Waals surface area (Å²) in [6.07, 6.45) is -18.6. The van der Waals surface area contributed by atoms with Gasteiger partial charge in [0.05, 0.1) is 25.4 Å². The zero-order valence-electron chi connectivity index (χ0n) is 56.6. The number of hydrogen-bond acceptors (Lipinski definition) is 21. The number of hydrogen-bond donors (Lipinski definition) is 20. The number of cyclic esters (lactones) is 1. The number of aliphatic hydroxyl groups excluding tert-OH is 4. The van der Waals surface area contributed by atoms with Crippen LogP contribution in [0.3, 0.4) is 0 Å². The number of carbonyl (C=O) groups excluding carboxylic acids is 12. The van der Waals surface area contributed by atoms with Gasteiger partial charge in [-0.05, 0) is 61.8 Å². The molecule has 42 heteroatoms. The van der Waals surface area contributed by atoms with Gasteiger partial charge in [0, 0.05) is 19.5 Å². The van der Waals surface area contributed by atoms with Crippen molar-refractivity contribution in [2.75, 3.05) is 26.2 Å². The number of carboxylic acid groups (broad SMARTS) is 2. The van der Waals surface area contributed by atoms with Gasteiger partial charge in [0.2, 0.25) is 65.0 Å². The third-order valence-electron chi connectivity index (χ3n) is 14.3. The van der Waals surface area contributed by atoms with E-state index in [1.807, 2.05) is 10.6 Å². The SMILES string of the molecule is CC[C@H](C)[C@@H]1NC(=O)[C@@H](CCCN=C(N)N)NC(=O)[C@H](CC(C)C)NC(=O)[C@H]([C@H](O)C(C)C)NC(=O)[C@@H](NC(=O)[C@H](CC(C)C)NC(=O)CCN)[C@@H](c2ccccc2)OC(=O)[C@H](CO)NC(=O)[C@H]([C@H](O)C(N)=O)NC(=O)CNC(=O)[C@H]([C@H](C)O)NC1=O.O=C(O)C(F)(F)F.O=C(O)C(F)(F)F. The Labute approximate surface area is 575 Å². The van der Waals surface area contributed by atoms with Gasteiger partial charge in [0.25, 0.3) is 0 Å². The van der Waals surface area contributed by atoms with Gasteiger partial charge in [-0.3, -0.25) is 57.7 Å². The van der Waals surface area contributed by atoms with Crippen molar-refractivity contribution in [3.05, 3.63) is 35.9 Å². The normalized spacial score (nSPS) is 22.8. The predicted octanol–water partition coefficient (Wildman–Crippen LogP) is -5.19. The summed E-state index contributed by atoms with van der Waals surface area (Å²) in [5.41, 5.74) is 21.9. The van der Waals surface area contributed by atoms with Crippen LogP contribution in [0.5, 0.6) is 0 Å². The topological polar surface area (TPSA) is 606 Å². The first-order valence-corrected chi connectivity index (χ1v) is 31.2. The summed E-state index contributed by atoms with van der Waals surface area (Å²) >= 11 is 0. The maximum absolute atomic E-state index is 15.2. The van der Waals surface area contributed by atoms with E-state index in [9.17, 15) is 99.5 Å². The molecular weight excluding hydrogens is 1370 g/mol. The van der Waals surface area contributed by atoms with Crippen LogP contribution in [0.25, 0.3) is 0 Å². The van der Waals surface area contributed by atoms with Crippen LogP contribution in [0.2, 0.25) is 0 Å². The number of aliphatic hydroxyl groups is 4. The number of rotatable bonds is 22. The summed E-state index contributed by atoms with van der Waals surface area (Å²) < 4.78 is 69.4. The van der Waals surface area contributed by atoms with Gasteiger partial charge in [-0.1, -0.05) is 92.1 Å². The predicted molar refractivity (Wildman–Crippen MR) is 340 cm³/mol. The lowest BCUT2D eigenvalue weighted by atomic mass is 9.95. The van der Waals surface area contributed by atoms with E-state index in [-0.39, 0.29) is 75.0 Å². The quantitative estimate of drug-likeness (QED) is 0.0170. The number of carbonyl (C=O) groups is 14. The smallest absolute Gasteiger partial charge is 0.475 e. The highest BCUT2D eigenvalue weighted by Crippen LogP contribution is 2.25. The van der Waals surface area contributed by atoms with Gasteiger partial charge in [-0.25, -0.2) is 14.4 Å². The van der Waals surface area contributed by atoms with Crippen LogP contribution in [0.15, 0.2) is 35.3 Å². The molecule has 0 unspecified atom stereocenters. The highest BCUT2D eigenvalue weighted by molar-refractivity contribution is 6.00. The van der Waals surface area contributed by atoms with Crippen LogP contribution in [0.4, 0.5) is 26.3 Å². The number of ether oxygens (including phenoxy) is 1. The number of aliphatic carboxylic acids is 2. The van der Waals surface area contributed by atoms with E-state index in [1.165, 1.54) is 44.2 Å². The molecular formula is C59H93F6N15O21. The van der Waals surface area contributed by atoms with Gasteiger partial charge < -0.3 is 111 Å². The lowest BCUT2D eigenvalue weighted by Crippen LogP contribution is -2.64. The first kappa shape index (κ1) is 91.4. The second-order valence-corrected chi connectivity index (χ2v) is 24.0. The maximum Gasteiger partial charge on any atom is 0.490 e. The third-order valence-corrected chi connectivity index (χ3v) is 14.3. The Morgan fingerprint density at radius 1 is 0.653 bits per heavy atom. The Morgan fingerprint density at radius 2 is 1.15 bits per heavy atom. The molecule has 1 saturated heterocycles. The van der Waals surface area contributed by atoms with Crippen molar-refractivity contribution in [1.82, 2.24) is 53.2 Å². The third kappa shape index (κ3) is 33.4. The fourth-order valence-electron chi connectivity index (χ4n) is 8.75. The van der Waals surface area contributed by atoms with E-state index in [0.717, 1.165) is 6.92 Å². The van der Waals surface area contributed by atoms with Crippen molar-refractivity contribution in [3.8, 4) is 0 Å². The summed E-state index contributed by atoms with van der Waals surface area (Å²) in [6, 6.07) is -9.54. The summed E-state index contributed by atoms with van der Waals surface area (Å²) in [7, 11) is 0.